The van der Waals surface area contributed by atoms with Crippen molar-refractivity contribution in [2.75, 3.05) is 31.5 Å². The molecule has 2 fully saturated rings. The van der Waals surface area contributed by atoms with Crippen molar-refractivity contribution < 1.29 is 9.59 Å². The van der Waals surface area contributed by atoms with Gasteiger partial charge in [-0.1, -0.05) is 48.5 Å². The van der Waals surface area contributed by atoms with Crippen LogP contribution in [0, 0.1) is 5.92 Å². The lowest BCUT2D eigenvalue weighted by molar-refractivity contribution is -0.135. The molecule has 3 amide bonds. The van der Waals surface area contributed by atoms with Crippen molar-refractivity contribution in [3.05, 3.63) is 66.2 Å². The van der Waals surface area contributed by atoms with Gasteiger partial charge in [-0.05, 0) is 30.5 Å². The number of nitrogens with one attached hydrogen (secondary N) is 1. The molecule has 2 heterocycles. The number of rotatable bonds is 3. The van der Waals surface area contributed by atoms with E-state index < -0.39 is 0 Å². The van der Waals surface area contributed by atoms with Crippen molar-refractivity contribution in [1.29, 1.82) is 0 Å². The van der Waals surface area contributed by atoms with E-state index in [1.807, 2.05) is 53.4 Å². The van der Waals surface area contributed by atoms with Crippen molar-refractivity contribution in [2.45, 2.75) is 24.8 Å². The summed E-state index contributed by atoms with van der Waals surface area (Å²) in [6.07, 6.45) is 1.65. The van der Waals surface area contributed by atoms with Gasteiger partial charge >= 0.3 is 6.03 Å². The molecular formula is C23H28N4O2. The largest absolute Gasteiger partial charge is 0.340 e. The van der Waals surface area contributed by atoms with Gasteiger partial charge in [-0.15, -0.1) is 0 Å². The van der Waals surface area contributed by atoms with Crippen molar-refractivity contribution in [3.8, 4) is 0 Å². The predicted octanol–water partition coefficient (Wildman–Crippen LogP) is 2.88. The highest BCUT2D eigenvalue weighted by Gasteiger charge is 2.38. The van der Waals surface area contributed by atoms with Gasteiger partial charge in [-0.3, -0.25) is 4.79 Å². The number of likely N-dealkylation sites (tertiary alicyclic amines) is 2. The van der Waals surface area contributed by atoms with Gasteiger partial charge < -0.3 is 20.9 Å². The second-order valence-corrected chi connectivity index (χ2v) is 8.01. The molecule has 3 atom stereocenters. The first kappa shape index (κ1) is 19.5. The zero-order valence-electron chi connectivity index (χ0n) is 16.5. The maximum Gasteiger partial charge on any atom is 0.321 e. The minimum Gasteiger partial charge on any atom is -0.340 e. The Morgan fingerprint density at radius 2 is 1.59 bits per heavy atom. The van der Waals surface area contributed by atoms with Crippen LogP contribution in [0.25, 0.3) is 0 Å². The van der Waals surface area contributed by atoms with Crippen molar-refractivity contribution in [1.82, 2.24) is 9.80 Å². The van der Waals surface area contributed by atoms with Crippen LogP contribution < -0.4 is 11.1 Å². The number of hydrogen-bond acceptors (Lipinski definition) is 3. The molecule has 152 valence electrons. The summed E-state index contributed by atoms with van der Waals surface area (Å²) in [6.45, 7) is 2.36. The maximum absolute atomic E-state index is 13.2. The predicted molar refractivity (Wildman–Crippen MR) is 113 cm³/mol. The van der Waals surface area contributed by atoms with Crippen LogP contribution in [-0.4, -0.2) is 54.0 Å². The molecule has 29 heavy (non-hydrogen) atoms. The Morgan fingerprint density at radius 3 is 2.31 bits per heavy atom. The van der Waals surface area contributed by atoms with Gasteiger partial charge in [0, 0.05) is 43.8 Å². The summed E-state index contributed by atoms with van der Waals surface area (Å²) in [4.78, 5) is 29.4. The lowest BCUT2D eigenvalue weighted by Gasteiger charge is -2.34. The molecule has 2 aromatic carbocycles. The van der Waals surface area contributed by atoms with Crippen LogP contribution in [0.1, 0.15) is 24.3 Å². The second kappa shape index (κ2) is 8.66. The Hall–Kier alpha value is -2.86. The molecule has 0 aliphatic carbocycles. The molecule has 0 spiro atoms. The first-order chi connectivity index (χ1) is 14.1. The Morgan fingerprint density at radius 1 is 0.897 bits per heavy atom. The monoisotopic (exact) mass is 392 g/mol. The topological polar surface area (TPSA) is 78.7 Å². The lowest BCUT2D eigenvalue weighted by Crippen LogP contribution is -2.47. The number of carbonyl (C=O) groups excluding carboxylic acids is 2. The van der Waals surface area contributed by atoms with Crippen molar-refractivity contribution in [2.24, 2.45) is 11.7 Å². The number of amides is 3. The molecule has 6 nitrogen and oxygen atoms in total. The molecule has 0 aromatic heterocycles. The fourth-order valence-corrected chi connectivity index (χ4v) is 4.41. The SMILES string of the molecule is N[C@@H]1CN(C(=O)C2CCCN(C(=O)Nc3ccccc3)C2)C[C@H]1c1ccccc1. The van der Waals surface area contributed by atoms with Gasteiger partial charge in [0.25, 0.3) is 0 Å². The highest BCUT2D eigenvalue weighted by atomic mass is 16.2. The van der Waals surface area contributed by atoms with Crippen LogP contribution in [0.15, 0.2) is 60.7 Å². The van der Waals surface area contributed by atoms with E-state index in [4.69, 9.17) is 5.73 Å². The van der Waals surface area contributed by atoms with Crippen LogP contribution >= 0.6 is 0 Å². The number of para-hydroxylation sites is 1. The van der Waals surface area contributed by atoms with E-state index in [2.05, 4.69) is 17.4 Å². The van der Waals surface area contributed by atoms with Gasteiger partial charge in [-0.2, -0.15) is 0 Å². The second-order valence-electron chi connectivity index (χ2n) is 8.01. The summed E-state index contributed by atoms with van der Waals surface area (Å²) in [5, 5.41) is 2.92. The van der Waals surface area contributed by atoms with E-state index in [0.29, 0.717) is 26.2 Å². The molecular weight excluding hydrogens is 364 g/mol. The average molecular weight is 393 g/mol. The molecule has 3 N–H and O–H groups in total. The van der Waals surface area contributed by atoms with Crippen LogP contribution in [0.3, 0.4) is 0 Å². The molecule has 2 aliphatic heterocycles. The van der Waals surface area contributed by atoms with Crippen molar-refractivity contribution >= 4 is 17.6 Å². The molecule has 0 radical (unpaired) electrons. The van der Waals surface area contributed by atoms with Gasteiger partial charge in [0.2, 0.25) is 5.91 Å². The van der Waals surface area contributed by atoms with E-state index in [9.17, 15) is 9.59 Å². The summed E-state index contributed by atoms with van der Waals surface area (Å²) < 4.78 is 0. The highest BCUT2D eigenvalue weighted by Crippen LogP contribution is 2.29. The van der Waals surface area contributed by atoms with Crippen LogP contribution in [0.2, 0.25) is 0 Å². The fraction of sp³-hybridized carbons (Fsp3) is 0.391. The molecule has 0 bridgehead atoms. The third kappa shape index (κ3) is 4.43. The Bertz CT molecular complexity index is 842. The molecule has 6 heteroatoms. The number of hydrogen-bond donors (Lipinski definition) is 2. The van der Waals surface area contributed by atoms with E-state index >= 15 is 0 Å². The number of piperidine rings is 1. The molecule has 2 aromatic rings. The van der Waals surface area contributed by atoms with Gasteiger partial charge in [0.1, 0.15) is 0 Å². The standard InChI is InChI=1S/C23H28N4O2/c24-21-16-27(15-20(21)17-8-3-1-4-9-17)22(28)18-10-7-13-26(14-18)23(29)25-19-11-5-2-6-12-19/h1-6,8-9,11-12,18,20-21H,7,10,13-16,24H2,(H,25,29)/t18?,20-,21+/m0/s1. The molecule has 1 unspecified atom stereocenters. The van der Waals surface area contributed by atoms with Gasteiger partial charge in [-0.25, -0.2) is 4.79 Å². The van der Waals surface area contributed by atoms with E-state index in [-0.39, 0.29) is 29.8 Å². The normalized spacial score (nSPS) is 24.4. The number of urea groups is 1. The minimum absolute atomic E-state index is 0.0533. The molecule has 4 rings (SSSR count). The van der Waals surface area contributed by atoms with Gasteiger partial charge in [0.05, 0.1) is 5.92 Å². The fourth-order valence-electron chi connectivity index (χ4n) is 4.41. The average Bonchev–Trinajstić information content (AvgIpc) is 3.16. The van der Waals surface area contributed by atoms with E-state index in [0.717, 1.165) is 18.5 Å². The third-order valence-electron chi connectivity index (χ3n) is 5.99. The van der Waals surface area contributed by atoms with E-state index in [1.165, 1.54) is 5.56 Å². The summed E-state index contributed by atoms with van der Waals surface area (Å²) >= 11 is 0. The summed E-state index contributed by atoms with van der Waals surface area (Å²) in [7, 11) is 0. The van der Waals surface area contributed by atoms with Crippen molar-refractivity contribution in [3.63, 3.8) is 0 Å². The summed E-state index contributed by atoms with van der Waals surface area (Å²) in [5.74, 6) is 0.129. The molecule has 2 aliphatic rings. The third-order valence-corrected chi connectivity index (χ3v) is 5.99. The number of nitrogens with zero attached hydrogens (tertiary/aromatic N) is 2. The Kier molecular flexibility index (Phi) is 5.81. The van der Waals surface area contributed by atoms with Crippen LogP contribution in [0.5, 0.6) is 0 Å². The summed E-state index contributed by atoms with van der Waals surface area (Å²) in [5.41, 5.74) is 8.31. The zero-order chi connectivity index (χ0) is 20.2. The van der Waals surface area contributed by atoms with Crippen LogP contribution in [-0.2, 0) is 4.79 Å². The maximum atomic E-state index is 13.2. The first-order valence-electron chi connectivity index (χ1n) is 10.3. The number of nitrogens with two attached hydrogens (primary N) is 1. The highest BCUT2D eigenvalue weighted by molar-refractivity contribution is 5.90. The Balaban J connectivity index is 1.37. The Labute approximate surface area is 171 Å². The quantitative estimate of drug-likeness (QED) is 0.843. The molecule has 2 saturated heterocycles. The summed E-state index contributed by atoms with van der Waals surface area (Å²) in [6, 6.07) is 19.4. The number of anilines is 1. The van der Waals surface area contributed by atoms with Gasteiger partial charge in [0.15, 0.2) is 0 Å². The minimum atomic E-state index is -0.160. The zero-order valence-corrected chi connectivity index (χ0v) is 16.5. The van der Waals surface area contributed by atoms with Crippen LogP contribution in [0.4, 0.5) is 10.5 Å². The molecule has 0 saturated carbocycles. The smallest absolute Gasteiger partial charge is 0.321 e. The number of benzene rings is 2. The number of carbonyl (C=O) groups is 2. The first-order valence-corrected chi connectivity index (χ1v) is 10.3. The lowest BCUT2D eigenvalue weighted by atomic mass is 9.95. The van der Waals surface area contributed by atoms with E-state index in [1.54, 1.807) is 4.90 Å².